The summed E-state index contributed by atoms with van der Waals surface area (Å²) < 4.78 is 1.81. The molecule has 1 saturated heterocycles. The Morgan fingerprint density at radius 2 is 2.11 bits per heavy atom. The standard InChI is InChI=1S/C24H24N8O2S/c1-15-10-30(7-8-32(15)20(34)11-31-13-26-18-3-2-6-25-23(18)31)24-21(27-14-35-24)22-28-17-5-4-16(12-33)9-19(17)29-22/h2-6,9,13-15,33H,7-8,10-12H2,1H3,(H,28,29). The fraction of sp³-hybridized carbons (Fsp3) is 0.292. The van der Waals surface area contributed by atoms with Crippen LogP contribution in [0.3, 0.4) is 0 Å². The first kappa shape index (κ1) is 21.7. The van der Waals surface area contributed by atoms with Crippen molar-refractivity contribution in [2.24, 2.45) is 0 Å². The van der Waals surface area contributed by atoms with Crippen molar-refractivity contribution in [2.45, 2.75) is 26.1 Å². The normalized spacial score (nSPS) is 16.5. The summed E-state index contributed by atoms with van der Waals surface area (Å²) in [6.45, 7) is 4.32. The van der Waals surface area contributed by atoms with Gasteiger partial charge in [-0.2, -0.15) is 0 Å². The van der Waals surface area contributed by atoms with Gasteiger partial charge < -0.3 is 24.5 Å². The van der Waals surface area contributed by atoms with E-state index in [-0.39, 0.29) is 25.1 Å². The Morgan fingerprint density at radius 3 is 2.97 bits per heavy atom. The number of thiazole rings is 1. The molecule has 0 saturated carbocycles. The Balaban J connectivity index is 1.18. The molecule has 6 rings (SSSR count). The molecule has 1 amide bonds. The van der Waals surface area contributed by atoms with E-state index < -0.39 is 0 Å². The quantitative estimate of drug-likeness (QED) is 0.391. The maximum Gasteiger partial charge on any atom is 0.242 e. The first-order chi connectivity index (χ1) is 17.1. The molecule has 0 radical (unpaired) electrons. The van der Waals surface area contributed by atoms with Gasteiger partial charge in [0.15, 0.2) is 11.5 Å². The van der Waals surface area contributed by atoms with Gasteiger partial charge in [-0.05, 0) is 36.8 Å². The minimum Gasteiger partial charge on any atom is -0.392 e. The van der Waals surface area contributed by atoms with Crippen molar-refractivity contribution in [2.75, 3.05) is 24.5 Å². The van der Waals surface area contributed by atoms with E-state index >= 15 is 0 Å². The van der Waals surface area contributed by atoms with Crippen LogP contribution in [0.1, 0.15) is 12.5 Å². The second-order valence-electron chi connectivity index (χ2n) is 8.70. The summed E-state index contributed by atoms with van der Waals surface area (Å²) in [4.78, 5) is 38.7. The molecule has 178 valence electrons. The topological polar surface area (TPSA) is 116 Å². The van der Waals surface area contributed by atoms with E-state index in [0.29, 0.717) is 25.5 Å². The number of fused-ring (bicyclic) bond motifs is 2. The van der Waals surface area contributed by atoms with Crippen molar-refractivity contribution in [3.05, 3.63) is 53.9 Å². The Morgan fingerprint density at radius 1 is 1.20 bits per heavy atom. The van der Waals surface area contributed by atoms with Crippen LogP contribution in [0.15, 0.2) is 48.4 Å². The fourth-order valence-corrected chi connectivity index (χ4v) is 5.49. The summed E-state index contributed by atoms with van der Waals surface area (Å²) >= 11 is 1.58. The average molecular weight is 489 g/mol. The van der Waals surface area contributed by atoms with Crippen molar-refractivity contribution in [3.63, 3.8) is 0 Å². The molecule has 5 aromatic rings. The molecule has 5 heterocycles. The van der Waals surface area contributed by atoms with Crippen molar-refractivity contribution >= 4 is 44.4 Å². The average Bonchev–Trinajstić information content (AvgIpc) is 3.61. The Bertz CT molecular complexity index is 1520. The Labute approximate surface area is 204 Å². The van der Waals surface area contributed by atoms with Crippen LogP contribution >= 0.6 is 11.3 Å². The Hall–Kier alpha value is -3.83. The third kappa shape index (κ3) is 3.92. The molecule has 0 aliphatic carbocycles. The predicted molar refractivity (Wildman–Crippen MR) is 134 cm³/mol. The number of aromatic nitrogens is 6. The van der Waals surface area contributed by atoms with Gasteiger partial charge in [-0.15, -0.1) is 11.3 Å². The number of nitrogens with one attached hydrogen (secondary N) is 1. The molecule has 1 aromatic carbocycles. The summed E-state index contributed by atoms with van der Waals surface area (Å²) in [6, 6.07) is 9.45. The molecule has 11 heteroatoms. The number of pyridine rings is 1. The van der Waals surface area contributed by atoms with Crippen molar-refractivity contribution < 1.29 is 9.90 Å². The van der Waals surface area contributed by atoms with Gasteiger partial charge in [0, 0.05) is 31.9 Å². The highest BCUT2D eigenvalue weighted by atomic mass is 32.1. The largest absolute Gasteiger partial charge is 0.392 e. The van der Waals surface area contributed by atoms with E-state index in [2.05, 4.69) is 31.8 Å². The predicted octanol–water partition coefficient (Wildman–Crippen LogP) is 2.66. The third-order valence-electron chi connectivity index (χ3n) is 6.42. The summed E-state index contributed by atoms with van der Waals surface area (Å²) in [7, 11) is 0. The van der Waals surface area contributed by atoms with E-state index in [1.807, 2.05) is 45.3 Å². The number of carbonyl (C=O) groups excluding carboxylic acids is 1. The molecular formula is C24H24N8O2S. The molecule has 1 fully saturated rings. The summed E-state index contributed by atoms with van der Waals surface area (Å²) in [5, 5.41) is 10.5. The second kappa shape index (κ2) is 8.75. The second-order valence-corrected chi connectivity index (χ2v) is 9.54. The minimum atomic E-state index is -0.0132. The molecule has 1 atom stereocenters. The number of H-pyrrole nitrogens is 1. The van der Waals surface area contributed by atoms with E-state index in [1.165, 1.54) is 0 Å². The van der Waals surface area contributed by atoms with Gasteiger partial charge >= 0.3 is 0 Å². The zero-order valence-electron chi connectivity index (χ0n) is 19.1. The highest BCUT2D eigenvalue weighted by Crippen LogP contribution is 2.34. The number of anilines is 1. The van der Waals surface area contributed by atoms with Gasteiger partial charge in [0.2, 0.25) is 5.91 Å². The molecule has 4 aromatic heterocycles. The van der Waals surface area contributed by atoms with Crippen LogP contribution in [0.2, 0.25) is 0 Å². The monoisotopic (exact) mass is 488 g/mol. The smallest absolute Gasteiger partial charge is 0.242 e. The molecule has 2 N–H and O–H groups in total. The van der Waals surface area contributed by atoms with Crippen LogP contribution < -0.4 is 4.90 Å². The molecule has 1 aliphatic heterocycles. The molecule has 1 unspecified atom stereocenters. The molecule has 10 nitrogen and oxygen atoms in total. The number of nitrogens with zero attached hydrogens (tertiary/aromatic N) is 7. The minimum absolute atomic E-state index is 0.0132. The first-order valence-electron chi connectivity index (χ1n) is 11.4. The summed E-state index contributed by atoms with van der Waals surface area (Å²) in [5.41, 5.74) is 6.68. The maximum atomic E-state index is 13.1. The van der Waals surface area contributed by atoms with Gasteiger partial charge in [-0.1, -0.05) is 6.07 Å². The van der Waals surface area contributed by atoms with Crippen LogP contribution in [0.25, 0.3) is 33.7 Å². The summed E-state index contributed by atoms with van der Waals surface area (Å²) in [6.07, 6.45) is 3.39. The van der Waals surface area contributed by atoms with Crippen LogP contribution in [0.4, 0.5) is 5.00 Å². The SMILES string of the molecule is CC1CN(c2scnc2-c2nc3ccc(CO)cc3[nH]2)CCN1C(=O)Cn1cnc2cccnc21. The molecule has 1 aliphatic rings. The van der Waals surface area contributed by atoms with Crippen molar-refractivity contribution in [1.82, 2.24) is 34.4 Å². The number of imidazole rings is 2. The lowest BCUT2D eigenvalue weighted by Gasteiger charge is -2.40. The number of piperazine rings is 1. The Kier molecular flexibility index (Phi) is 5.42. The van der Waals surface area contributed by atoms with Crippen LogP contribution in [-0.2, 0) is 17.9 Å². The number of benzene rings is 1. The molecule has 35 heavy (non-hydrogen) atoms. The third-order valence-corrected chi connectivity index (χ3v) is 7.30. The van der Waals surface area contributed by atoms with Crippen LogP contribution in [0, 0.1) is 0 Å². The van der Waals surface area contributed by atoms with Gasteiger partial charge in [-0.3, -0.25) is 4.79 Å². The van der Waals surface area contributed by atoms with E-state index in [1.54, 1.807) is 23.9 Å². The van der Waals surface area contributed by atoms with Gasteiger partial charge in [0.25, 0.3) is 0 Å². The van der Waals surface area contributed by atoms with Gasteiger partial charge in [0.1, 0.15) is 22.8 Å². The van der Waals surface area contributed by atoms with Crippen LogP contribution in [0.5, 0.6) is 0 Å². The zero-order valence-corrected chi connectivity index (χ0v) is 19.9. The maximum absolute atomic E-state index is 13.1. The number of aromatic amines is 1. The molecule has 0 spiro atoms. The summed E-state index contributed by atoms with van der Waals surface area (Å²) in [5.74, 6) is 0.764. The lowest BCUT2D eigenvalue weighted by atomic mass is 10.2. The van der Waals surface area contributed by atoms with E-state index in [4.69, 9.17) is 4.98 Å². The van der Waals surface area contributed by atoms with E-state index in [0.717, 1.165) is 38.5 Å². The highest BCUT2D eigenvalue weighted by molar-refractivity contribution is 7.14. The molecular weight excluding hydrogens is 464 g/mol. The van der Waals surface area contributed by atoms with Crippen molar-refractivity contribution in [3.8, 4) is 11.5 Å². The van der Waals surface area contributed by atoms with Crippen molar-refractivity contribution in [1.29, 1.82) is 0 Å². The number of carbonyl (C=O) groups is 1. The molecule has 0 bridgehead atoms. The number of rotatable bonds is 5. The number of aliphatic hydroxyl groups is 1. The lowest BCUT2D eigenvalue weighted by Crippen LogP contribution is -2.54. The van der Waals surface area contributed by atoms with E-state index in [9.17, 15) is 9.90 Å². The number of hydrogen-bond donors (Lipinski definition) is 2. The fourth-order valence-electron chi connectivity index (χ4n) is 4.66. The number of amides is 1. The lowest BCUT2D eigenvalue weighted by molar-refractivity contribution is -0.134. The zero-order chi connectivity index (χ0) is 23.9. The van der Waals surface area contributed by atoms with Crippen LogP contribution in [-0.4, -0.2) is 71.1 Å². The highest BCUT2D eigenvalue weighted by Gasteiger charge is 2.30. The van der Waals surface area contributed by atoms with Gasteiger partial charge in [-0.25, -0.2) is 19.9 Å². The first-order valence-corrected chi connectivity index (χ1v) is 12.3. The number of hydrogen-bond acceptors (Lipinski definition) is 8. The number of aliphatic hydroxyl groups excluding tert-OH is 1. The van der Waals surface area contributed by atoms with Gasteiger partial charge in [0.05, 0.1) is 29.5 Å².